The number of para-hydroxylation sites is 2. The highest BCUT2D eigenvalue weighted by Crippen LogP contribution is 2.26. The SMILES string of the molecule is CCOc1ccccc1NC(=O)CSc1nn2c(=O)c(-c3ccc(OC)cc3)nnc2s1. The number of anilines is 1. The minimum absolute atomic E-state index is 0.119. The molecule has 0 atom stereocenters. The van der Waals surface area contributed by atoms with Gasteiger partial charge < -0.3 is 14.8 Å². The Morgan fingerprint density at radius 2 is 1.94 bits per heavy atom. The summed E-state index contributed by atoms with van der Waals surface area (Å²) in [7, 11) is 1.57. The van der Waals surface area contributed by atoms with Crippen molar-refractivity contribution in [1.82, 2.24) is 19.8 Å². The summed E-state index contributed by atoms with van der Waals surface area (Å²) >= 11 is 2.42. The van der Waals surface area contributed by atoms with Gasteiger partial charge in [0.1, 0.15) is 11.5 Å². The van der Waals surface area contributed by atoms with Crippen LogP contribution in [0.1, 0.15) is 6.92 Å². The summed E-state index contributed by atoms with van der Waals surface area (Å²) in [6, 6.07) is 14.2. The molecular formula is C21H19N5O4S2. The van der Waals surface area contributed by atoms with Gasteiger partial charge in [-0.3, -0.25) is 9.59 Å². The van der Waals surface area contributed by atoms with Crippen molar-refractivity contribution in [2.75, 3.05) is 24.8 Å². The predicted molar refractivity (Wildman–Crippen MR) is 124 cm³/mol. The fourth-order valence-corrected chi connectivity index (χ4v) is 4.52. The van der Waals surface area contributed by atoms with E-state index in [9.17, 15) is 9.59 Å². The van der Waals surface area contributed by atoms with Gasteiger partial charge in [-0.25, -0.2) is 0 Å². The van der Waals surface area contributed by atoms with E-state index in [1.165, 1.54) is 27.6 Å². The number of nitrogens with zero attached hydrogens (tertiary/aromatic N) is 4. The monoisotopic (exact) mass is 469 g/mol. The highest BCUT2D eigenvalue weighted by atomic mass is 32.2. The molecule has 2 aromatic heterocycles. The molecule has 0 aliphatic rings. The number of methoxy groups -OCH3 is 1. The zero-order chi connectivity index (χ0) is 22.5. The van der Waals surface area contributed by atoms with E-state index < -0.39 is 0 Å². The van der Waals surface area contributed by atoms with E-state index in [0.717, 1.165) is 0 Å². The molecule has 0 saturated heterocycles. The summed E-state index contributed by atoms with van der Waals surface area (Å²) in [5.41, 5.74) is 1.04. The van der Waals surface area contributed by atoms with Crippen LogP contribution in [0, 0.1) is 0 Å². The molecule has 11 heteroatoms. The van der Waals surface area contributed by atoms with Gasteiger partial charge in [-0.2, -0.15) is 4.52 Å². The maximum absolute atomic E-state index is 12.8. The van der Waals surface area contributed by atoms with Crippen molar-refractivity contribution >= 4 is 39.7 Å². The second kappa shape index (κ2) is 9.79. The molecule has 0 saturated carbocycles. The van der Waals surface area contributed by atoms with Crippen LogP contribution in [0.4, 0.5) is 5.69 Å². The van der Waals surface area contributed by atoms with E-state index in [0.29, 0.717) is 38.7 Å². The second-order valence-electron chi connectivity index (χ2n) is 6.41. The topological polar surface area (TPSA) is 108 Å². The van der Waals surface area contributed by atoms with Crippen LogP contribution in [-0.2, 0) is 4.79 Å². The molecule has 0 fully saturated rings. The lowest BCUT2D eigenvalue weighted by Gasteiger charge is -2.10. The third kappa shape index (κ3) is 4.73. The molecule has 1 N–H and O–H groups in total. The molecule has 0 bridgehead atoms. The first-order chi connectivity index (χ1) is 15.6. The Kier molecular flexibility index (Phi) is 6.66. The summed E-state index contributed by atoms with van der Waals surface area (Å²) in [5, 5.41) is 15.3. The summed E-state index contributed by atoms with van der Waals surface area (Å²) in [6.45, 7) is 2.38. The Hall–Kier alpha value is -3.44. The zero-order valence-corrected chi connectivity index (χ0v) is 18.9. The Balaban J connectivity index is 1.48. The number of ether oxygens (including phenoxy) is 2. The molecule has 0 unspecified atom stereocenters. The van der Waals surface area contributed by atoms with Crippen LogP contribution in [0.15, 0.2) is 57.7 Å². The Labute approximate surface area is 191 Å². The second-order valence-corrected chi connectivity index (χ2v) is 8.59. The smallest absolute Gasteiger partial charge is 0.302 e. The minimum Gasteiger partial charge on any atom is -0.497 e. The van der Waals surface area contributed by atoms with Crippen molar-refractivity contribution in [1.29, 1.82) is 0 Å². The maximum Gasteiger partial charge on any atom is 0.302 e. The third-order valence-electron chi connectivity index (χ3n) is 4.32. The van der Waals surface area contributed by atoms with Crippen molar-refractivity contribution < 1.29 is 14.3 Å². The van der Waals surface area contributed by atoms with E-state index in [4.69, 9.17) is 9.47 Å². The highest BCUT2D eigenvalue weighted by Gasteiger charge is 2.15. The average Bonchev–Trinajstić information content (AvgIpc) is 3.24. The van der Waals surface area contributed by atoms with Gasteiger partial charge in [0, 0.05) is 5.56 Å². The van der Waals surface area contributed by atoms with E-state index in [-0.39, 0.29) is 22.9 Å². The standard InChI is InChI=1S/C21H19N5O4S2/c1-3-30-16-7-5-4-6-15(16)22-17(27)12-31-21-25-26-19(28)18(23-24-20(26)32-21)13-8-10-14(29-2)11-9-13/h4-11H,3,12H2,1-2H3,(H,22,27). The molecule has 4 rings (SSSR count). The van der Waals surface area contributed by atoms with Gasteiger partial charge >= 0.3 is 5.56 Å². The quantitative estimate of drug-likeness (QED) is 0.392. The number of hydrogen-bond donors (Lipinski definition) is 1. The molecule has 0 aliphatic carbocycles. The Morgan fingerprint density at radius 3 is 2.69 bits per heavy atom. The van der Waals surface area contributed by atoms with E-state index in [2.05, 4.69) is 20.6 Å². The molecule has 0 aliphatic heterocycles. The van der Waals surface area contributed by atoms with Gasteiger partial charge in [0.15, 0.2) is 10.0 Å². The molecule has 0 radical (unpaired) electrons. The highest BCUT2D eigenvalue weighted by molar-refractivity contribution is 8.01. The lowest BCUT2D eigenvalue weighted by Crippen LogP contribution is -2.19. The summed E-state index contributed by atoms with van der Waals surface area (Å²) < 4.78 is 12.4. The first kappa shape index (κ1) is 21.8. The van der Waals surface area contributed by atoms with Gasteiger partial charge in [-0.15, -0.1) is 15.3 Å². The first-order valence-electron chi connectivity index (χ1n) is 9.64. The van der Waals surface area contributed by atoms with Crippen molar-refractivity contribution in [2.45, 2.75) is 11.3 Å². The van der Waals surface area contributed by atoms with E-state index in [1.807, 2.05) is 19.1 Å². The van der Waals surface area contributed by atoms with Gasteiger partial charge in [0.25, 0.3) is 0 Å². The van der Waals surface area contributed by atoms with Crippen molar-refractivity contribution in [2.24, 2.45) is 0 Å². The first-order valence-corrected chi connectivity index (χ1v) is 11.4. The van der Waals surface area contributed by atoms with Gasteiger partial charge in [0.05, 0.1) is 25.2 Å². The number of benzene rings is 2. The average molecular weight is 470 g/mol. The summed E-state index contributed by atoms with van der Waals surface area (Å²) in [6.07, 6.45) is 0. The van der Waals surface area contributed by atoms with Crippen LogP contribution >= 0.6 is 23.1 Å². The van der Waals surface area contributed by atoms with Gasteiger partial charge in [-0.1, -0.05) is 35.2 Å². The summed E-state index contributed by atoms with van der Waals surface area (Å²) in [5.74, 6) is 1.20. The van der Waals surface area contributed by atoms with Crippen LogP contribution in [-0.4, -0.2) is 45.2 Å². The molecule has 4 aromatic rings. The maximum atomic E-state index is 12.8. The number of amides is 1. The Morgan fingerprint density at radius 1 is 1.16 bits per heavy atom. The fraction of sp³-hybridized carbons (Fsp3) is 0.190. The molecule has 2 aromatic carbocycles. The van der Waals surface area contributed by atoms with E-state index in [1.54, 1.807) is 43.5 Å². The zero-order valence-electron chi connectivity index (χ0n) is 17.3. The van der Waals surface area contributed by atoms with Crippen LogP contribution < -0.4 is 20.3 Å². The molecule has 164 valence electrons. The van der Waals surface area contributed by atoms with E-state index >= 15 is 0 Å². The largest absolute Gasteiger partial charge is 0.497 e. The third-order valence-corrected chi connectivity index (χ3v) is 6.36. The number of carbonyl (C=O) groups excluding carboxylic acids is 1. The number of fused-ring (bicyclic) bond motifs is 1. The van der Waals surface area contributed by atoms with Crippen molar-refractivity contribution in [3.05, 3.63) is 58.9 Å². The molecular weight excluding hydrogens is 450 g/mol. The van der Waals surface area contributed by atoms with Crippen molar-refractivity contribution in [3.63, 3.8) is 0 Å². The minimum atomic E-state index is -0.377. The number of carbonyl (C=O) groups is 1. The molecule has 1 amide bonds. The van der Waals surface area contributed by atoms with Crippen LogP contribution in [0.2, 0.25) is 0 Å². The number of nitrogens with one attached hydrogen (secondary N) is 1. The lowest BCUT2D eigenvalue weighted by atomic mass is 10.1. The van der Waals surface area contributed by atoms with Crippen LogP contribution in [0.5, 0.6) is 11.5 Å². The number of hydrogen-bond acceptors (Lipinski definition) is 9. The van der Waals surface area contributed by atoms with Crippen molar-refractivity contribution in [3.8, 4) is 22.8 Å². The van der Waals surface area contributed by atoms with Gasteiger partial charge in [0.2, 0.25) is 10.9 Å². The fourth-order valence-electron chi connectivity index (χ4n) is 2.85. The Bertz CT molecular complexity index is 1300. The lowest BCUT2D eigenvalue weighted by molar-refractivity contribution is -0.113. The number of aromatic nitrogens is 4. The van der Waals surface area contributed by atoms with Crippen LogP contribution in [0.3, 0.4) is 0 Å². The normalized spacial score (nSPS) is 10.8. The molecule has 2 heterocycles. The molecule has 9 nitrogen and oxygen atoms in total. The van der Waals surface area contributed by atoms with Gasteiger partial charge in [-0.05, 0) is 43.3 Å². The molecule has 0 spiro atoms. The number of rotatable bonds is 8. The summed E-state index contributed by atoms with van der Waals surface area (Å²) in [4.78, 5) is 25.6. The number of thioether (sulfide) groups is 1. The molecule has 32 heavy (non-hydrogen) atoms. The predicted octanol–water partition coefficient (Wildman–Crippen LogP) is 3.35. The van der Waals surface area contributed by atoms with Crippen LogP contribution in [0.25, 0.3) is 16.2 Å².